The van der Waals surface area contributed by atoms with Crippen LogP contribution >= 0.6 is 0 Å². The number of amides is 1. The first-order valence-electron chi connectivity index (χ1n) is 8.95. The molecule has 0 N–H and O–H groups in total. The predicted molar refractivity (Wildman–Crippen MR) is 92.9 cm³/mol. The maximum Gasteiger partial charge on any atom is 0.416 e. The molecule has 12 heteroatoms. The lowest BCUT2D eigenvalue weighted by Crippen LogP contribution is -2.43. The fourth-order valence-corrected chi connectivity index (χ4v) is 3.25. The van der Waals surface area contributed by atoms with E-state index in [2.05, 4.69) is 15.4 Å². The van der Waals surface area contributed by atoms with Gasteiger partial charge in [0.15, 0.2) is 5.82 Å². The van der Waals surface area contributed by atoms with Gasteiger partial charge in [-0.2, -0.15) is 31.1 Å². The van der Waals surface area contributed by atoms with Crippen LogP contribution in [-0.2, 0) is 17.5 Å². The largest absolute Gasteiger partial charge is 0.416 e. The maximum absolute atomic E-state index is 13.1. The molecule has 6 nitrogen and oxygen atoms in total. The minimum Gasteiger partial charge on any atom is -0.327 e. The van der Waals surface area contributed by atoms with E-state index >= 15 is 0 Å². The molecule has 1 aliphatic heterocycles. The van der Waals surface area contributed by atoms with Crippen molar-refractivity contribution < 1.29 is 31.1 Å². The number of nitrogens with zero attached hydrogens (tertiary/aromatic N) is 5. The Morgan fingerprint density at radius 2 is 1.97 bits per heavy atom. The van der Waals surface area contributed by atoms with Gasteiger partial charge in [0, 0.05) is 12.6 Å². The van der Waals surface area contributed by atoms with E-state index in [0.29, 0.717) is 5.82 Å². The van der Waals surface area contributed by atoms with Crippen LogP contribution in [0.4, 0.5) is 26.3 Å². The van der Waals surface area contributed by atoms with Crippen molar-refractivity contribution in [2.24, 2.45) is 0 Å². The average Bonchev–Trinajstić information content (AvgIpc) is 3.28. The summed E-state index contributed by atoms with van der Waals surface area (Å²) < 4.78 is 78.4. The number of hydrogen-bond acceptors (Lipinski definition) is 4. The van der Waals surface area contributed by atoms with Crippen molar-refractivity contribution in [1.82, 2.24) is 25.1 Å². The summed E-state index contributed by atoms with van der Waals surface area (Å²) >= 11 is 0. The quantitative estimate of drug-likeness (QED) is 0.546. The molecule has 3 rings (SSSR count). The Kier molecular flexibility index (Phi) is 5.86. The number of benzene rings is 1. The number of rotatable bonds is 4. The van der Waals surface area contributed by atoms with Gasteiger partial charge in [-0.3, -0.25) is 4.79 Å². The van der Waals surface area contributed by atoms with E-state index < -0.39 is 29.9 Å². The number of halogens is 6. The Hall–Kier alpha value is -2.92. The van der Waals surface area contributed by atoms with Crippen molar-refractivity contribution >= 4 is 12.0 Å². The molecule has 1 amide bonds. The number of tetrazole rings is 1. The van der Waals surface area contributed by atoms with E-state index in [0.717, 1.165) is 34.0 Å². The molecule has 1 aliphatic rings. The molecule has 1 fully saturated rings. The number of hydrogen-bond donors (Lipinski definition) is 0. The van der Waals surface area contributed by atoms with Crippen molar-refractivity contribution in [3.63, 3.8) is 0 Å². The summed E-state index contributed by atoms with van der Waals surface area (Å²) in [4.78, 5) is 14.1. The Labute approximate surface area is 167 Å². The number of carbonyl (C=O) groups excluding carboxylic acids is 1. The third-order valence-electron chi connectivity index (χ3n) is 4.65. The number of carbonyl (C=O) groups is 1. The van der Waals surface area contributed by atoms with Crippen molar-refractivity contribution in [1.29, 1.82) is 0 Å². The van der Waals surface area contributed by atoms with Crippen LogP contribution in [0.5, 0.6) is 0 Å². The Bertz CT molecular complexity index is 949. The number of likely N-dealkylation sites (tertiary alicyclic amines) is 1. The van der Waals surface area contributed by atoms with Crippen LogP contribution < -0.4 is 0 Å². The van der Waals surface area contributed by atoms with Crippen LogP contribution in [0.2, 0.25) is 0 Å². The normalized spacial score (nSPS) is 17.8. The average molecular weight is 433 g/mol. The number of aryl methyl sites for hydroxylation is 1. The molecule has 162 valence electrons. The van der Waals surface area contributed by atoms with Crippen LogP contribution in [0, 0.1) is 6.92 Å². The van der Waals surface area contributed by atoms with Crippen molar-refractivity contribution in [3.8, 4) is 0 Å². The van der Waals surface area contributed by atoms with Gasteiger partial charge >= 0.3 is 12.4 Å². The summed E-state index contributed by atoms with van der Waals surface area (Å²) in [6.45, 7) is 1.37. The molecule has 1 aromatic carbocycles. The van der Waals surface area contributed by atoms with Crippen LogP contribution in [0.25, 0.3) is 6.08 Å². The van der Waals surface area contributed by atoms with Crippen LogP contribution in [0.1, 0.15) is 35.4 Å². The highest BCUT2D eigenvalue weighted by Crippen LogP contribution is 2.33. The fourth-order valence-electron chi connectivity index (χ4n) is 3.25. The third-order valence-corrected chi connectivity index (χ3v) is 4.65. The van der Waals surface area contributed by atoms with E-state index in [4.69, 9.17) is 0 Å². The first-order chi connectivity index (χ1) is 13.9. The van der Waals surface area contributed by atoms with Gasteiger partial charge in [0.1, 0.15) is 6.04 Å². The summed E-state index contributed by atoms with van der Waals surface area (Å²) in [6.07, 6.45) is -6.92. The second-order valence-electron chi connectivity index (χ2n) is 6.84. The highest BCUT2D eigenvalue weighted by Gasteiger charge is 2.47. The molecule has 30 heavy (non-hydrogen) atoms. The van der Waals surface area contributed by atoms with Gasteiger partial charge in [0.25, 0.3) is 0 Å². The lowest BCUT2D eigenvalue weighted by Gasteiger charge is -2.25. The second-order valence-corrected chi connectivity index (χ2v) is 6.84. The second kappa shape index (κ2) is 8.07. The summed E-state index contributed by atoms with van der Waals surface area (Å²) in [5.41, 5.74) is -0.538. The minimum atomic E-state index is -4.59. The standard InChI is InChI=1S/C18H17F6N5O/c1-11-25-27-29(26-11)10-13-9-14(17(19,20)21)6-4-12(13)5-7-16(30)28-8-2-3-15(28)18(22,23)24/h4-7,9,15H,2-3,8,10H2,1H3. The number of aromatic nitrogens is 4. The smallest absolute Gasteiger partial charge is 0.327 e. The topological polar surface area (TPSA) is 63.9 Å². The molecule has 1 atom stereocenters. The van der Waals surface area contributed by atoms with Gasteiger partial charge in [-0.1, -0.05) is 6.07 Å². The molecule has 0 radical (unpaired) electrons. The summed E-state index contributed by atoms with van der Waals surface area (Å²) in [5, 5.41) is 11.3. The predicted octanol–water partition coefficient (Wildman–Crippen LogP) is 3.62. The SMILES string of the molecule is Cc1nnn(Cc2cc(C(F)(F)F)ccc2C=CC(=O)N2CCCC2C(F)(F)F)n1. The van der Waals surface area contributed by atoms with Crippen molar-refractivity contribution in [2.75, 3.05) is 6.54 Å². The van der Waals surface area contributed by atoms with Gasteiger partial charge in [-0.25, -0.2) is 0 Å². The van der Waals surface area contributed by atoms with Crippen LogP contribution in [-0.4, -0.2) is 49.8 Å². The molecule has 0 bridgehead atoms. The van der Waals surface area contributed by atoms with E-state index in [1.807, 2.05) is 0 Å². The summed E-state index contributed by atoms with van der Waals surface area (Å²) in [5.74, 6) is -0.531. The lowest BCUT2D eigenvalue weighted by atomic mass is 10.0. The first kappa shape index (κ1) is 21.8. The zero-order valence-corrected chi connectivity index (χ0v) is 15.7. The van der Waals surface area contributed by atoms with E-state index in [-0.39, 0.29) is 37.1 Å². The Morgan fingerprint density at radius 3 is 2.57 bits per heavy atom. The zero-order valence-electron chi connectivity index (χ0n) is 15.7. The van der Waals surface area contributed by atoms with Crippen molar-refractivity contribution in [3.05, 3.63) is 46.8 Å². The third kappa shape index (κ3) is 4.97. The number of alkyl halides is 6. The fraction of sp³-hybridized carbons (Fsp3) is 0.444. The minimum absolute atomic E-state index is 0.0324. The molecule has 0 spiro atoms. The van der Waals surface area contributed by atoms with Gasteiger partial charge in [-0.05, 0) is 54.3 Å². The molecule has 0 aliphatic carbocycles. The molecule has 1 saturated heterocycles. The molecule has 0 saturated carbocycles. The zero-order chi connectivity index (χ0) is 22.1. The molecule has 1 aromatic heterocycles. The summed E-state index contributed by atoms with van der Waals surface area (Å²) in [7, 11) is 0. The Balaban J connectivity index is 1.87. The van der Waals surface area contributed by atoms with Gasteiger partial charge in [0.2, 0.25) is 5.91 Å². The van der Waals surface area contributed by atoms with E-state index in [9.17, 15) is 31.1 Å². The van der Waals surface area contributed by atoms with Gasteiger partial charge in [0.05, 0.1) is 12.1 Å². The highest BCUT2D eigenvalue weighted by atomic mass is 19.4. The molecular weight excluding hydrogens is 416 g/mol. The summed E-state index contributed by atoms with van der Waals surface area (Å²) in [6, 6.07) is 1.01. The van der Waals surface area contributed by atoms with Crippen molar-refractivity contribution in [2.45, 2.75) is 44.7 Å². The van der Waals surface area contributed by atoms with Crippen LogP contribution in [0.15, 0.2) is 24.3 Å². The van der Waals surface area contributed by atoms with E-state index in [1.165, 1.54) is 6.08 Å². The van der Waals surface area contributed by atoms with E-state index in [1.54, 1.807) is 6.92 Å². The molecule has 1 unspecified atom stereocenters. The van der Waals surface area contributed by atoms with Gasteiger partial charge in [-0.15, -0.1) is 10.2 Å². The maximum atomic E-state index is 13.1. The van der Waals surface area contributed by atoms with Crippen LogP contribution in [0.3, 0.4) is 0 Å². The first-order valence-corrected chi connectivity index (χ1v) is 8.95. The molecular formula is C18H17F6N5O. The van der Waals surface area contributed by atoms with Gasteiger partial charge < -0.3 is 4.90 Å². The monoisotopic (exact) mass is 433 g/mol. The lowest BCUT2D eigenvalue weighted by molar-refractivity contribution is -0.180. The highest BCUT2D eigenvalue weighted by molar-refractivity contribution is 5.92. The Morgan fingerprint density at radius 1 is 1.23 bits per heavy atom. The molecule has 2 heterocycles. The molecule has 2 aromatic rings.